The molecule has 22 heavy (non-hydrogen) atoms. The molecule has 0 radical (unpaired) electrons. The molecule has 1 aromatic rings. The van der Waals surface area contributed by atoms with Gasteiger partial charge >= 0.3 is 0 Å². The molecule has 0 aliphatic carbocycles. The van der Waals surface area contributed by atoms with E-state index in [1.54, 1.807) is 25.6 Å². The molecule has 2 N–H and O–H groups in total. The molecule has 1 saturated heterocycles. The number of aliphatic hydroxyl groups excluding tert-OH is 1. The summed E-state index contributed by atoms with van der Waals surface area (Å²) in [5.74, 6) is -0.0270. The van der Waals surface area contributed by atoms with E-state index in [4.69, 9.17) is 4.74 Å². The van der Waals surface area contributed by atoms with Crippen molar-refractivity contribution in [2.45, 2.75) is 6.10 Å². The van der Waals surface area contributed by atoms with Gasteiger partial charge in [0.25, 0.3) is 0 Å². The van der Waals surface area contributed by atoms with Crippen LogP contribution in [0.25, 0.3) is 0 Å². The fourth-order valence-electron chi connectivity index (χ4n) is 2.51. The quantitative estimate of drug-likeness (QED) is 0.717. The van der Waals surface area contributed by atoms with Crippen molar-refractivity contribution in [3.05, 3.63) is 24.5 Å². The van der Waals surface area contributed by atoms with Crippen LogP contribution < -0.4 is 5.32 Å². The van der Waals surface area contributed by atoms with Crippen LogP contribution in [-0.2, 0) is 9.53 Å². The van der Waals surface area contributed by atoms with Crippen LogP contribution in [0.4, 0.5) is 5.69 Å². The van der Waals surface area contributed by atoms with E-state index in [0.717, 1.165) is 26.2 Å². The second-order valence-corrected chi connectivity index (χ2v) is 5.48. The molecule has 1 amide bonds. The zero-order valence-electron chi connectivity index (χ0n) is 12.9. The van der Waals surface area contributed by atoms with E-state index in [1.807, 2.05) is 6.07 Å². The smallest absolute Gasteiger partial charge is 0.238 e. The average Bonchev–Trinajstić information content (AvgIpc) is 2.50. The van der Waals surface area contributed by atoms with E-state index < -0.39 is 6.10 Å². The van der Waals surface area contributed by atoms with Gasteiger partial charge in [-0.2, -0.15) is 0 Å². The number of piperazine rings is 1. The third-order valence-corrected chi connectivity index (χ3v) is 3.61. The minimum Gasteiger partial charge on any atom is -0.389 e. The van der Waals surface area contributed by atoms with Gasteiger partial charge in [-0.1, -0.05) is 0 Å². The normalized spacial score (nSPS) is 18.1. The first kappa shape index (κ1) is 16.8. The largest absolute Gasteiger partial charge is 0.389 e. The minimum absolute atomic E-state index is 0.0270. The summed E-state index contributed by atoms with van der Waals surface area (Å²) in [6, 6.07) is 3.61. The van der Waals surface area contributed by atoms with Crippen molar-refractivity contribution in [1.29, 1.82) is 0 Å². The Morgan fingerprint density at radius 3 is 2.77 bits per heavy atom. The highest BCUT2D eigenvalue weighted by Crippen LogP contribution is 2.05. The van der Waals surface area contributed by atoms with Crippen LogP contribution in [0.3, 0.4) is 0 Å². The van der Waals surface area contributed by atoms with Crippen molar-refractivity contribution < 1.29 is 14.6 Å². The molecule has 1 aliphatic heterocycles. The first-order valence-electron chi connectivity index (χ1n) is 7.49. The summed E-state index contributed by atoms with van der Waals surface area (Å²) in [6.07, 6.45) is 2.85. The Bertz CT molecular complexity index is 449. The summed E-state index contributed by atoms with van der Waals surface area (Å²) < 4.78 is 4.93. The van der Waals surface area contributed by atoms with Gasteiger partial charge in [0.15, 0.2) is 0 Å². The zero-order chi connectivity index (χ0) is 15.8. The molecule has 0 bridgehead atoms. The maximum atomic E-state index is 12.0. The molecular formula is C15H24N4O3. The number of aromatic nitrogens is 1. The van der Waals surface area contributed by atoms with Gasteiger partial charge in [0.2, 0.25) is 5.91 Å². The highest BCUT2D eigenvalue weighted by molar-refractivity contribution is 5.92. The van der Waals surface area contributed by atoms with Crippen molar-refractivity contribution >= 4 is 11.6 Å². The van der Waals surface area contributed by atoms with Crippen LogP contribution >= 0.6 is 0 Å². The van der Waals surface area contributed by atoms with Crippen molar-refractivity contribution in [3.63, 3.8) is 0 Å². The van der Waals surface area contributed by atoms with Gasteiger partial charge in [0.05, 0.1) is 31.1 Å². The number of anilines is 1. The topological polar surface area (TPSA) is 77.9 Å². The predicted molar refractivity (Wildman–Crippen MR) is 83.6 cm³/mol. The first-order chi connectivity index (χ1) is 10.7. The molecule has 1 aliphatic rings. The lowest BCUT2D eigenvalue weighted by Crippen LogP contribution is -2.50. The molecule has 1 fully saturated rings. The van der Waals surface area contributed by atoms with Crippen molar-refractivity contribution in [3.8, 4) is 0 Å². The molecule has 0 saturated carbocycles. The molecule has 1 atom stereocenters. The fraction of sp³-hybridized carbons (Fsp3) is 0.600. The van der Waals surface area contributed by atoms with Crippen LogP contribution in [0.2, 0.25) is 0 Å². The van der Waals surface area contributed by atoms with Crippen LogP contribution in [0, 0.1) is 0 Å². The maximum absolute atomic E-state index is 12.0. The SMILES string of the molecule is COC[C@@H](O)CN1CCN(CC(=O)Nc2cccnc2)CC1. The number of amides is 1. The lowest BCUT2D eigenvalue weighted by molar-refractivity contribution is -0.117. The average molecular weight is 308 g/mol. The second-order valence-electron chi connectivity index (χ2n) is 5.48. The van der Waals surface area contributed by atoms with Gasteiger partial charge in [-0.25, -0.2) is 0 Å². The maximum Gasteiger partial charge on any atom is 0.238 e. The zero-order valence-corrected chi connectivity index (χ0v) is 12.9. The minimum atomic E-state index is -0.453. The molecule has 122 valence electrons. The number of aliphatic hydroxyl groups is 1. The number of methoxy groups -OCH3 is 1. The summed E-state index contributed by atoms with van der Waals surface area (Å²) in [5.41, 5.74) is 0.717. The highest BCUT2D eigenvalue weighted by atomic mass is 16.5. The molecule has 7 nitrogen and oxygen atoms in total. The Kier molecular flexibility index (Phi) is 6.73. The van der Waals surface area contributed by atoms with Crippen molar-refractivity contribution in [2.75, 3.05) is 58.3 Å². The van der Waals surface area contributed by atoms with Crippen molar-refractivity contribution in [2.24, 2.45) is 0 Å². The number of hydrogen-bond donors (Lipinski definition) is 2. The van der Waals surface area contributed by atoms with Gasteiger partial charge in [0.1, 0.15) is 0 Å². The van der Waals surface area contributed by atoms with Crippen molar-refractivity contribution in [1.82, 2.24) is 14.8 Å². The Morgan fingerprint density at radius 2 is 2.14 bits per heavy atom. The van der Waals surface area contributed by atoms with Gasteiger partial charge < -0.3 is 15.2 Å². The summed E-state index contributed by atoms with van der Waals surface area (Å²) in [4.78, 5) is 20.3. The summed E-state index contributed by atoms with van der Waals surface area (Å²) in [7, 11) is 1.59. The van der Waals surface area contributed by atoms with E-state index >= 15 is 0 Å². The lowest BCUT2D eigenvalue weighted by Gasteiger charge is -2.35. The molecule has 2 heterocycles. The Labute approximate surface area is 130 Å². The third kappa shape index (κ3) is 5.69. The Hall–Kier alpha value is -1.54. The van der Waals surface area contributed by atoms with E-state index in [2.05, 4.69) is 20.1 Å². The summed E-state index contributed by atoms with van der Waals surface area (Å²) in [6.45, 7) is 4.68. The molecule has 0 aromatic carbocycles. The molecule has 7 heteroatoms. The second kappa shape index (κ2) is 8.79. The van der Waals surface area contributed by atoms with Crippen LogP contribution in [0.1, 0.15) is 0 Å². The van der Waals surface area contributed by atoms with Crippen LogP contribution in [0.5, 0.6) is 0 Å². The van der Waals surface area contributed by atoms with E-state index in [-0.39, 0.29) is 5.91 Å². The van der Waals surface area contributed by atoms with Gasteiger partial charge in [-0.15, -0.1) is 0 Å². The predicted octanol–water partition coefficient (Wildman–Crippen LogP) is -0.355. The third-order valence-electron chi connectivity index (χ3n) is 3.61. The number of carbonyl (C=O) groups is 1. The molecular weight excluding hydrogens is 284 g/mol. The van der Waals surface area contributed by atoms with Gasteiger partial charge in [0, 0.05) is 46.0 Å². The van der Waals surface area contributed by atoms with Crippen LogP contribution in [-0.4, -0.2) is 84.9 Å². The summed E-state index contributed by atoms with van der Waals surface area (Å²) >= 11 is 0. The number of nitrogens with one attached hydrogen (secondary N) is 1. The number of β-amino-alcohol motifs (C(OH)–C–C–N with tert-alkyl or cyclic N) is 1. The molecule has 0 spiro atoms. The van der Waals surface area contributed by atoms with Gasteiger partial charge in [-0.05, 0) is 12.1 Å². The molecule has 1 aromatic heterocycles. The number of pyridine rings is 1. The van der Waals surface area contributed by atoms with E-state index in [9.17, 15) is 9.90 Å². The Morgan fingerprint density at radius 1 is 1.41 bits per heavy atom. The molecule has 0 unspecified atom stereocenters. The first-order valence-corrected chi connectivity index (χ1v) is 7.49. The van der Waals surface area contributed by atoms with Gasteiger partial charge in [-0.3, -0.25) is 19.6 Å². The molecule has 2 rings (SSSR count). The Balaban J connectivity index is 1.67. The number of ether oxygens (including phenoxy) is 1. The lowest BCUT2D eigenvalue weighted by atomic mass is 10.2. The fourth-order valence-corrected chi connectivity index (χ4v) is 2.51. The highest BCUT2D eigenvalue weighted by Gasteiger charge is 2.20. The summed E-state index contributed by atoms with van der Waals surface area (Å²) in [5, 5.41) is 12.6. The number of hydrogen-bond acceptors (Lipinski definition) is 6. The van der Waals surface area contributed by atoms with E-state index in [0.29, 0.717) is 25.4 Å². The standard InChI is InChI=1S/C15H24N4O3/c1-22-12-14(20)10-18-5-7-19(8-6-18)11-15(21)17-13-3-2-4-16-9-13/h2-4,9,14,20H,5-8,10-12H2,1H3,(H,17,21)/t14-/m0/s1. The number of carbonyl (C=O) groups excluding carboxylic acids is 1. The van der Waals surface area contributed by atoms with E-state index in [1.165, 1.54) is 0 Å². The monoisotopic (exact) mass is 308 g/mol. The number of nitrogens with zero attached hydrogens (tertiary/aromatic N) is 3. The number of rotatable bonds is 7. The van der Waals surface area contributed by atoms with Crippen LogP contribution in [0.15, 0.2) is 24.5 Å².